The van der Waals surface area contributed by atoms with Gasteiger partial charge in [0.1, 0.15) is 11.8 Å². The van der Waals surface area contributed by atoms with Crippen LogP contribution in [0.25, 0.3) is 5.52 Å². The number of rotatable bonds is 2. The minimum absolute atomic E-state index is 0.0324. The Morgan fingerprint density at radius 2 is 2.11 bits per heavy atom. The van der Waals surface area contributed by atoms with Crippen molar-refractivity contribution in [3.8, 4) is 0 Å². The molecule has 3 aromatic rings. The molecule has 18 heavy (non-hydrogen) atoms. The molecule has 0 radical (unpaired) electrons. The van der Waals surface area contributed by atoms with Gasteiger partial charge < -0.3 is 0 Å². The quantitative estimate of drug-likeness (QED) is 0.729. The maximum absolute atomic E-state index is 12.2. The van der Waals surface area contributed by atoms with Crippen LogP contribution in [0.15, 0.2) is 58.2 Å². The summed E-state index contributed by atoms with van der Waals surface area (Å²) >= 11 is 3.42. The van der Waals surface area contributed by atoms with Crippen LogP contribution in [0.1, 0.15) is 5.56 Å². The van der Waals surface area contributed by atoms with Crippen LogP contribution in [0.4, 0.5) is 0 Å². The third kappa shape index (κ3) is 1.97. The lowest BCUT2D eigenvalue weighted by Gasteiger charge is -2.06. The molecule has 3 rings (SSSR count). The molecule has 4 nitrogen and oxygen atoms in total. The van der Waals surface area contributed by atoms with Crippen LogP contribution >= 0.6 is 15.9 Å². The zero-order valence-electron chi connectivity index (χ0n) is 9.45. The van der Waals surface area contributed by atoms with Crippen molar-refractivity contribution < 1.29 is 0 Å². The van der Waals surface area contributed by atoms with Gasteiger partial charge in [0.25, 0.3) is 5.56 Å². The third-order valence-corrected chi connectivity index (χ3v) is 3.26. The molecule has 0 N–H and O–H groups in total. The summed E-state index contributed by atoms with van der Waals surface area (Å²) in [5, 5.41) is 4.19. The molecule has 1 aromatic carbocycles. The minimum atomic E-state index is -0.0324. The smallest absolute Gasteiger partial charge is 0.277 e. The first-order valence-corrected chi connectivity index (χ1v) is 6.30. The van der Waals surface area contributed by atoms with E-state index in [1.807, 2.05) is 30.3 Å². The molecule has 0 fully saturated rings. The zero-order valence-corrected chi connectivity index (χ0v) is 11.0. The number of benzene rings is 1. The van der Waals surface area contributed by atoms with Crippen molar-refractivity contribution in [1.82, 2.24) is 14.2 Å². The molecule has 90 valence electrons. The van der Waals surface area contributed by atoms with Gasteiger partial charge in [0.05, 0.1) is 6.54 Å². The fourth-order valence-corrected chi connectivity index (χ4v) is 2.35. The van der Waals surface area contributed by atoms with Gasteiger partial charge in [-0.1, -0.05) is 28.1 Å². The van der Waals surface area contributed by atoms with Crippen LogP contribution in [0.5, 0.6) is 0 Å². The van der Waals surface area contributed by atoms with Gasteiger partial charge in [0.15, 0.2) is 0 Å². The first-order chi connectivity index (χ1) is 8.74. The molecule has 0 atom stereocenters. The van der Waals surface area contributed by atoms with E-state index in [-0.39, 0.29) is 5.56 Å². The molecule has 0 aliphatic rings. The standard InChI is InChI=1S/C13H10BrN3O/c14-11-4-1-3-10(7-11)8-16-9-15-17-6-2-5-12(17)13(16)18/h1-7,9H,8H2. The highest BCUT2D eigenvalue weighted by Crippen LogP contribution is 2.12. The molecule has 2 aromatic heterocycles. The molecular formula is C13H10BrN3O. The van der Waals surface area contributed by atoms with Crippen molar-refractivity contribution in [1.29, 1.82) is 0 Å². The van der Waals surface area contributed by atoms with Crippen molar-refractivity contribution in [3.05, 3.63) is 69.3 Å². The lowest BCUT2D eigenvalue weighted by molar-refractivity contribution is 0.703. The topological polar surface area (TPSA) is 39.3 Å². The van der Waals surface area contributed by atoms with Gasteiger partial charge in [-0.15, -0.1) is 0 Å². The number of hydrogen-bond donors (Lipinski definition) is 0. The van der Waals surface area contributed by atoms with E-state index in [0.29, 0.717) is 12.1 Å². The van der Waals surface area contributed by atoms with Crippen molar-refractivity contribution in [2.75, 3.05) is 0 Å². The Bertz CT molecular complexity index is 760. The highest BCUT2D eigenvalue weighted by molar-refractivity contribution is 9.10. The lowest BCUT2D eigenvalue weighted by Crippen LogP contribution is -2.23. The maximum atomic E-state index is 12.2. The van der Waals surface area contributed by atoms with Crippen molar-refractivity contribution in [3.63, 3.8) is 0 Å². The molecule has 0 amide bonds. The summed E-state index contributed by atoms with van der Waals surface area (Å²) in [6.45, 7) is 0.521. The molecule has 0 aliphatic carbocycles. The van der Waals surface area contributed by atoms with E-state index >= 15 is 0 Å². The van der Waals surface area contributed by atoms with Crippen LogP contribution in [0, 0.1) is 0 Å². The predicted molar refractivity (Wildman–Crippen MR) is 72.7 cm³/mol. The molecule has 5 heteroatoms. The van der Waals surface area contributed by atoms with Gasteiger partial charge in [-0.05, 0) is 29.8 Å². The van der Waals surface area contributed by atoms with E-state index in [1.54, 1.807) is 27.7 Å². The van der Waals surface area contributed by atoms with Crippen LogP contribution in [-0.2, 0) is 6.54 Å². The average Bonchev–Trinajstić information content (AvgIpc) is 2.82. The summed E-state index contributed by atoms with van der Waals surface area (Å²) in [6, 6.07) is 11.5. The summed E-state index contributed by atoms with van der Waals surface area (Å²) in [6.07, 6.45) is 3.33. The maximum Gasteiger partial charge on any atom is 0.277 e. The molecule has 0 saturated heterocycles. The molecule has 0 bridgehead atoms. The molecular weight excluding hydrogens is 294 g/mol. The zero-order chi connectivity index (χ0) is 12.5. The number of fused-ring (bicyclic) bond motifs is 1. The van der Waals surface area contributed by atoms with Gasteiger partial charge in [0, 0.05) is 10.7 Å². The second-order valence-electron chi connectivity index (χ2n) is 4.03. The van der Waals surface area contributed by atoms with E-state index in [0.717, 1.165) is 10.0 Å². The Labute approximate surface area is 112 Å². The van der Waals surface area contributed by atoms with Crippen LogP contribution in [0.2, 0.25) is 0 Å². The number of aromatic nitrogens is 3. The van der Waals surface area contributed by atoms with Gasteiger partial charge >= 0.3 is 0 Å². The summed E-state index contributed by atoms with van der Waals surface area (Å²) in [7, 11) is 0. The number of halogens is 1. The lowest BCUT2D eigenvalue weighted by atomic mass is 10.2. The molecule has 2 heterocycles. The highest BCUT2D eigenvalue weighted by Gasteiger charge is 2.04. The van der Waals surface area contributed by atoms with Gasteiger partial charge in [0.2, 0.25) is 0 Å². The Morgan fingerprint density at radius 1 is 1.22 bits per heavy atom. The summed E-state index contributed by atoms with van der Waals surface area (Å²) in [5.74, 6) is 0. The van der Waals surface area contributed by atoms with Gasteiger partial charge in [-0.25, -0.2) is 4.52 Å². The average molecular weight is 304 g/mol. The van der Waals surface area contributed by atoms with Crippen molar-refractivity contribution >= 4 is 21.4 Å². The minimum Gasteiger partial charge on any atom is -0.291 e. The van der Waals surface area contributed by atoms with Crippen molar-refractivity contribution in [2.24, 2.45) is 0 Å². The summed E-state index contributed by atoms with van der Waals surface area (Å²) in [5.41, 5.74) is 1.62. The normalized spacial score (nSPS) is 10.9. The van der Waals surface area contributed by atoms with E-state index < -0.39 is 0 Å². The van der Waals surface area contributed by atoms with E-state index in [1.165, 1.54) is 0 Å². The van der Waals surface area contributed by atoms with E-state index in [9.17, 15) is 4.79 Å². The second-order valence-corrected chi connectivity index (χ2v) is 4.95. The van der Waals surface area contributed by atoms with Gasteiger partial charge in [-0.2, -0.15) is 5.10 Å². The highest BCUT2D eigenvalue weighted by atomic mass is 79.9. The van der Waals surface area contributed by atoms with E-state index in [4.69, 9.17) is 0 Å². The molecule has 0 aliphatic heterocycles. The first-order valence-electron chi connectivity index (χ1n) is 5.51. The second kappa shape index (κ2) is 4.42. The van der Waals surface area contributed by atoms with Gasteiger partial charge in [-0.3, -0.25) is 9.36 Å². The largest absolute Gasteiger partial charge is 0.291 e. The fourth-order valence-electron chi connectivity index (χ4n) is 1.90. The predicted octanol–water partition coefficient (Wildman–Crippen LogP) is 2.31. The van der Waals surface area contributed by atoms with Crippen molar-refractivity contribution in [2.45, 2.75) is 6.54 Å². The monoisotopic (exact) mass is 303 g/mol. The molecule has 0 unspecified atom stereocenters. The Balaban J connectivity index is 2.05. The Kier molecular flexibility index (Phi) is 2.76. The Hall–Kier alpha value is -1.88. The number of hydrogen-bond acceptors (Lipinski definition) is 2. The Morgan fingerprint density at radius 3 is 2.94 bits per heavy atom. The fraction of sp³-hybridized carbons (Fsp3) is 0.0769. The third-order valence-electron chi connectivity index (χ3n) is 2.77. The van der Waals surface area contributed by atoms with Crippen LogP contribution < -0.4 is 5.56 Å². The number of nitrogens with zero attached hydrogens (tertiary/aromatic N) is 3. The SMILES string of the molecule is O=c1c2cccn2ncn1Cc1cccc(Br)c1. The summed E-state index contributed by atoms with van der Waals surface area (Å²) < 4.78 is 4.20. The van der Waals surface area contributed by atoms with Crippen LogP contribution in [-0.4, -0.2) is 14.2 Å². The van der Waals surface area contributed by atoms with Crippen LogP contribution in [0.3, 0.4) is 0 Å². The summed E-state index contributed by atoms with van der Waals surface area (Å²) in [4.78, 5) is 12.2. The van der Waals surface area contributed by atoms with E-state index in [2.05, 4.69) is 21.0 Å². The molecule has 0 spiro atoms. The molecule has 0 saturated carbocycles. The first kappa shape index (κ1) is 11.2.